The summed E-state index contributed by atoms with van der Waals surface area (Å²) in [5.41, 5.74) is 0.891. The number of aromatic hydroxyl groups is 1. The standard InChI is InChI=1S/C17H14O5/c1-20-15-5-3-10(7-17(15)21-2)16-9-13(19)12-8-11(18)4-6-14(12)22-16/h3-9,18H,1-2H3. The molecule has 3 rings (SSSR count). The van der Waals surface area contributed by atoms with E-state index in [1.165, 1.54) is 18.2 Å². The van der Waals surface area contributed by atoms with Crippen molar-refractivity contribution in [3.63, 3.8) is 0 Å². The van der Waals surface area contributed by atoms with Gasteiger partial charge in [0.1, 0.15) is 17.1 Å². The van der Waals surface area contributed by atoms with Gasteiger partial charge >= 0.3 is 0 Å². The van der Waals surface area contributed by atoms with Gasteiger partial charge in [0.15, 0.2) is 16.9 Å². The summed E-state index contributed by atoms with van der Waals surface area (Å²) in [6.07, 6.45) is 0. The third-order valence-corrected chi connectivity index (χ3v) is 3.38. The molecule has 0 fully saturated rings. The van der Waals surface area contributed by atoms with Crippen LogP contribution in [0.5, 0.6) is 17.2 Å². The van der Waals surface area contributed by atoms with Crippen molar-refractivity contribution in [1.29, 1.82) is 0 Å². The number of hydrogen-bond donors (Lipinski definition) is 1. The van der Waals surface area contributed by atoms with E-state index in [0.29, 0.717) is 33.8 Å². The van der Waals surface area contributed by atoms with Gasteiger partial charge in [0, 0.05) is 11.6 Å². The van der Waals surface area contributed by atoms with Gasteiger partial charge in [-0.3, -0.25) is 4.79 Å². The molecule has 0 aliphatic carbocycles. The fourth-order valence-corrected chi connectivity index (χ4v) is 2.28. The van der Waals surface area contributed by atoms with E-state index in [4.69, 9.17) is 13.9 Å². The maximum absolute atomic E-state index is 12.2. The Hall–Kier alpha value is -2.95. The van der Waals surface area contributed by atoms with Crippen molar-refractivity contribution in [3.8, 4) is 28.6 Å². The monoisotopic (exact) mass is 298 g/mol. The number of benzene rings is 2. The van der Waals surface area contributed by atoms with Crippen molar-refractivity contribution in [3.05, 3.63) is 52.7 Å². The van der Waals surface area contributed by atoms with Crippen molar-refractivity contribution >= 4 is 11.0 Å². The van der Waals surface area contributed by atoms with Crippen LogP contribution in [0.2, 0.25) is 0 Å². The quantitative estimate of drug-likeness (QED) is 0.804. The fourth-order valence-electron chi connectivity index (χ4n) is 2.28. The number of ether oxygens (including phenoxy) is 2. The maximum atomic E-state index is 12.2. The number of hydrogen-bond acceptors (Lipinski definition) is 5. The molecular weight excluding hydrogens is 284 g/mol. The van der Waals surface area contributed by atoms with Crippen LogP contribution in [-0.4, -0.2) is 19.3 Å². The fraction of sp³-hybridized carbons (Fsp3) is 0.118. The Morgan fingerprint density at radius 3 is 2.45 bits per heavy atom. The summed E-state index contributed by atoms with van der Waals surface area (Å²) in [5, 5.41) is 9.79. The largest absolute Gasteiger partial charge is 0.508 e. The molecule has 0 aliphatic rings. The molecule has 0 bridgehead atoms. The Labute approximate surface area is 126 Å². The number of phenolic OH excluding ortho intramolecular Hbond substituents is 1. The van der Waals surface area contributed by atoms with E-state index in [-0.39, 0.29) is 11.2 Å². The summed E-state index contributed by atoms with van der Waals surface area (Å²) in [6, 6.07) is 11.1. The first-order valence-corrected chi connectivity index (χ1v) is 6.61. The Morgan fingerprint density at radius 2 is 1.73 bits per heavy atom. The Kier molecular flexibility index (Phi) is 3.47. The normalized spacial score (nSPS) is 10.6. The molecule has 5 nitrogen and oxygen atoms in total. The first-order chi connectivity index (χ1) is 10.6. The van der Waals surface area contributed by atoms with Gasteiger partial charge in [0.25, 0.3) is 0 Å². The molecule has 22 heavy (non-hydrogen) atoms. The molecular formula is C17H14O5. The Balaban J connectivity index is 2.18. The van der Waals surface area contributed by atoms with Crippen molar-refractivity contribution in [1.82, 2.24) is 0 Å². The van der Waals surface area contributed by atoms with E-state index in [1.807, 2.05) is 0 Å². The Morgan fingerprint density at radius 1 is 0.955 bits per heavy atom. The predicted octanol–water partition coefficient (Wildman–Crippen LogP) is 3.18. The minimum atomic E-state index is -0.220. The van der Waals surface area contributed by atoms with E-state index >= 15 is 0 Å². The molecule has 0 unspecified atom stereocenters. The number of fused-ring (bicyclic) bond motifs is 1. The molecule has 2 aromatic carbocycles. The molecule has 0 spiro atoms. The molecule has 0 aliphatic heterocycles. The van der Waals surface area contributed by atoms with Gasteiger partial charge < -0.3 is 19.0 Å². The van der Waals surface area contributed by atoms with Crippen molar-refractivity contribution in [2.45, 2.75) is 0 Å². The van der Waals surface area contributed by atoms with Gasteiger partial charge in [-0.2, -0.15) is 0 Å². The molecule has 0 atom stereocenters. The van der Waals surface area contributed by atoms with Crippen LogP contribution in [0.25, 0.3) is 22.3 Å². The molecule has 1 aromatic heterocycles. The molecule has 0 amide bonds. The highest BCUT2D eigenvalue weighted by atomic mass is 16.5. The number of rotatable bonds is 3. The topological polar surface area (TPSA) is 68.9 Å². The third kappa shape index (κ3) is 2.37. The second-order valence-corrected chi connectivity index (χ2v) is 4.73. The van der Waals surface area contributed by atoms with Gasteiger partial charge in [-0.05, 0) is 36.4 Å². The number of methoxy groups -OCH3 is 2. The highest BCUT2D eigenvalue weighted by Gasteiger charge is 2.11. The molecule has 1 heterocycles. The zero-order valence-corrected chi connectivity index (χ0v) is 12.1. The summed E-state index contributed by atoms with van der Waals surface area (Å²) in [4.78, 5) is 12.2. The zero-order valence-electron chi connectivity index (χ0n) is 12.1. The average Bonchev–Trinajstić information content (AvgIpc) is 2.54. The van der Waals surface area contributed by atoms with Crippen LogP contribution in [0.15, 0.2) is 51.7 Å². The molecule has 5 heteroatoms. The maximum Gasteiger partial charge on any atom is 0.193 e. The van der Waals surface area contributed by atoms with Gasteiger partial charge in [-0.15, -0.1) is 0 Å². The van der Waals surface area contributed by atoms with Crippen LogP contribution in [0.4, 0.5) is 0 Å². The first-order valence-electron chi connectivity index (χ1n) is 6.61. The average molecular weight is 298 g/mol. The summed E-state index contributed by atoms with van der Waals surface area (Å²) in [7, 11) is 3.10. The Bertz CT molecular complexity index is 895. The lowest BCUT2D eigenvalue weighted by Gasteiger charge is -2.09. The first kappa shape index (κ1) is 14.0. The van der Waals surface area contributed by atoms with Crippen molar-refractivity contribution in [2.24, 2.45) is 0 Å². The summed E-state index contributed by atoms with van der Waals surface area (Å²) >= 11 is 0. The lowest BCUT2D eigenvalue weighted by atomic mass is 10.1. The lowest BCUT2D eigenvalue weighted by Crippen LogP contribution is -2.00. The van der Waals surface area contributed by atoms with Crippen LogP contribution in [-0.2, 0) is 0 Å². The molecule has 112 valence electrons. The van der Waals surface area contributed by atoms with Crippen LogP contribution < -0.4 is 14.9 Å². The van der Waals surface area contributed by atoms with Gasteiger partial charge in [0.2, 0.25) is 0 Å². The minimum absolute atomic E-state index is 0.0265. The zero-order chi connectivity index (χ0) is 15.7. The van der Waals surface area contributed by atoms with Gasteiger partial charge in [0.05, 0.1) is 19.6 Å². The second kappa shape index (κ2) is 5.44. The van der Waals surface area contributed by atoms with Crippen molar-refractivity contribution < 1.29 is 19.0 Å². The minimum Gasteiger partial charge on any atom is -0.508 e. The molecule has 3 aromatic rings. The summed E-state index contributed by atoms with van der Waals surface area (Å²) in [5.74, 6) is 1.59. The van der Waals surface area contributed by atoms with Gasteiger partial charge in [-0.1, -0.05) is 0 Å². The molecule has 0 saturated carbocycles. The van der Waals surface area contributed by atoms with Crippen LogP contribution in [0, 0.1) is 0 Å². The highest BCUT2D eigenvalue weighted by molar-refractivity contribution is 5.80. The number of phenols is 1. The van der Waals surface area contributed by atoms with Crippen LogP contribution >= 0.6 is 0 Å². The smallest absolute Gasteiger partial charge is 0.193 e. The van der Waals surface area contributed by atoms with Crippen molar-refractivity contribution in [2.75, 3.05) is 14.2 Å². The molecule has 1 N–H and O–H groups in total. The van der Waals surface area contributed by atoms with E-state index in [2.05, 4.69) is 0 Å². The molecule has 0 radical (unpaired) electrons. The highest BCUT2D eigenvalue weighted by Crippen LogP contribution is 2.32. The van der Waals surface area contributed by atoms with E-state index < -0.39 is 0 Å². The lowest BCUT2D eigenvalue weighted by molar-refractivity contribution is 0.355. The van der Waals surface area contributed by atoms with Crippen LogP contribution in [0.3, 0.4) is 0 Å². The summed E-state index contributed by atoms with van der Waals surface area (Å²) < 4.78 is 16.2. The molecule has 0 saturated heterocycles. The SMILES string of the molecule is COc1ccc(-c2cc(=O)c3cc(O)ccc3o2)cc1OC. The van der Waals surface area contributed by atoms with E-state index in [9.17, 15) is 9.90 Å². The van der Waals surface area contributed by atoms with Crippen LogP contribution in [0.1, 0.15) is 0 Å². The summed E-state index contributed by atoms with van der Waals surface area (Å²) in [6.45, 7) is 0. The van der Waals surface area contributed by atoms with Gasteiger partial charge in [-0.25, -0.2) is 0 Å². The van der Waals surface area contributed by atoms with E-state index in [1.54, 1.807) is 38.5 Å². The van der Waals surface area contributed by atoms with E-state index in [0.717, 1.165) is 0 Å². The predicted molar refractivity (Wildman–Crippen MR) is 82.7 cm³/mol. The third-order valence-electron chi connectivity index (χ3n) is 3.38. The second-order valence-electron chi connectivity index (χ2n) is 4.73.